The Morgan fingerprint density at radius 2 is 1.77 bits per heavy atom. The van der Waals surface area contributed by atoms with Gasteiger partial charge < -0.3 is 9.74 Å². The van der Waals surface area contributed by atoms with Crippen LogP contribution in [0.25, 0.3) is 9.69 Å². The number of piperidine rings is 1. The fraction of sp³-hybridized carbons (Fsp3) is 0.579. The molecule has 0 atom stereocenters. The number of rotatable bonds is 3. The van der Waals surface area contributed by atoms with Gasteiger partial charge in [0.1, 0.15) is 0 Å². The van der Waals surface area contributed by atoms with Crippen LogP contribution in [0.2, 0.25) is 0 Å². The SMILES string of the molecule is [C-]#[N+]CC1(C(C)(C)C)CCN(Cc2ccccc2[N+]#[C-])CC1. The Morgan fingerprint density at radius 3 is 2.32 bits per heavy atom. The van der Waals surface area contributed by atoms with Gasteiger partial charge in [-0.15, -0.1) is 0 Å². The molecule has 3 nitrogen and oxygen atoms in total. The first-order valence-corrected chi connectivity index (χ1v) is 7.93. The molecule has 0 amide bonds. The molecule has 0 unspecified atom stereocenters. The monoisotopic (exact) mass is 295 g/mol. The zero-order chi connectivity index (χ0) is 16.2. The maximum absolute atomic E-state index is 7.31. The lowest BCUT2D eigenvalue weighted by Gasteiger charge is -2.46. The van der Waals surface area contributed by atoms with Crippen LogP contribution in [0.4, 0.5) is 5.69 Å². The van der Waals surface area contributed by atoms with Gasteiger partial charge in [0.2, 0.25) is 6.54 Å². The molecule has 1 heterocycles. The standard InChI is InChI=1S/C19H25N3/c1-18(2,3)19(15-20-4)10-12-22(13-11-19)14-16-8-6-7-9-17(16)21-5/h6-9H,10-15H2,1-3H3. The van der Waals surface area contributed by atoms with Crippen molar-refractivity contribution in [3.63, 3.8) is 0 Å². The van der Waals surface area contributed by atoms with E-state index in [0.29, 0.717) is 6.54 Å². The average Bonchev–Trinajstić information content (AvgIpc) is 2.49. The Kier molecular flexibility index (Phi) is 4.89. The van der Waals surface area contributed by atoms with Crippen LogP contribution in [-0.2, 0) is 6.54 Å². The molecule has 0 radical (unpaired) electrons. The smallest absolute Gasteiger partial charge is 0.220 e. The lowest BCUT2D eigenvalue weighted by atomic mass is 9.61. The van der Waals surface area contributed by atoms with Crippen molar-refractivity contribution in [2.45, 2.75) is 40.2 Å². The van der Waals surface area contributed by atoms with E-state index >= 15 is 0 Å². The number of nitrogens with zero attached hydrogens (tertiary/aromatic N) is 3. The van der Waals surface area contributed by atoms with Gasteiger partial charge in [0, 0.05) is 12.0 Å². The number of hydrogen-bond donors (Lipinski definition) is 0. The summed E-state index contributed by atoms with van der Waals surface area (Å²) in [6, 6.07) is 7.88. The largest absolute Gasteiger partial charge is 0.316 e. The van der Waals surface area contributed by atoms with Crippen LogP contribution in [-0.4, -0.2) is 24.5 Å². The van der Waals surface area contributed by atoms with E-state index in [2.05, 4.69) is 41.4 Å². The quantitative estimate of drug-likeness (QED) is 0.730. The zero-order valence-electron chi connectivity index (χ0n) is 13.9. The molecule has 3 heteroatoms. The summed E-state index contributed by atoms with van der Waals surface area (Å²) < 4.78 is 0. The molecule has 0 bridgehead atoms. The maximum atomic E-state index is 7.31. The van der Waals surface area contributed by atoms with E-state index in [1.165, 1.54) is 0 Å². The minimum Gasteiger partial charge on any atom is -0.316 e. The van der Waals surface area contributed by atoms with Gasteiger partial charge in [0.25, 0.3) is 0 Å². The third kappa shape index (κ3) is 3.32. The molecule has 0 spiro atoms. The highest BCUT2D eigenvalue weighted by Crippen LogP contribution is 2.47. The molecule has 0 N–H and O–H groups in total. The van der Waals surface area contributed by atoms with E-state index in [0.717, 1.165) is 43.7 Å². The van der Waals surface area contributed by atoms with Gasteiger partial charge in [-0.2, -0.15) is 0 Å². The second kappa shape index (κ2) is 6.51. The van der Waals surface area contributed by atoms with Gasteiger partial charge in [-0.05, 0) is 36.9 Å². The lowest BCUT2D eigenvalue weighted by Crippen LogP contribution is -2.47. The van der Waals surface area contributed by atoms with Crippen molar-refractivity contribution in [1.29, 1.82) is 0 Å². The third-order valence-electron chi connectivity index (χ3n) is 5.29. The highest BCUT2D eigenvalue weighted by atomic mass is 15.1. The van der Waals surface area contributed by atoms with Crippen LogP contribution in [0.3, 0.4) is 0 Å². The molecule has 0 aromatic heterocycles. The van der Waals surface area contributed by atoms with Crippen molar-refractivity contribution in [2.24, 2.45) is 10.8 Å². The Balaban J connectivity index is 2.06. The van der Waals surface area contributed by atoms with Crippen LogP contribution in [0.15, 0.2) is 24.3 Å². The average molecular weight is 295 g/mol. The summed E-state index contributed by atoms with van der Waals surface area (Å²) in [6.45, 7) is 24.9. The topological polar surface area (TPSA) is 12.0 Å². The second-order valence-corrected chi connectivity index (χ2v) is 7.36. The third-order valence-corrected chi connectivity index (χ3v) is 5.29. The normalized spacial score (nSPS) is 18.4. The van der Waals surface area contributed by atoms with Crippen molar-refractivity contribution in [1.82, 2.24) is 4.90 Å². The summed E-state index contributed by atoms with van der Waals surface area (Å²) in [5.74, 6) is 0. The molecule has 1 aromatic carbocycles. The number of hydrogen-bond acceptors (Lipinski definition) is 1. The molecule has 116 valence electrons. The summed E-state index contributed by atoms with van der Waals surface area (Å²) in [7, 11) is 0. The predicted molar refractivity (Wildman–Crippen MR) is 90.6 cm³/mol. The van der Waals surface area contributed by atoms with E-state index in [-0.39, 0.29) is 10.8 Å². The summed E-state index contributed by atoms with van der Waals surface area (Å²) in [5.41, 5.74) is 2.17. The van der Waals surface area contributed by atoms with Crippen LogP contribution in [0.1, 0.15) is 39.2 Å². The Labute approximate surface area is 134 Å². The minimum absolute atomic E-state index is 0.130. The van der Waals surface area contributed by atoms with Crippen LogP contribution in [0.5, 0.6) is 0 Å². The van der Waals surface area contributed by atoms with Crippen LogP contribution >= 0.6 is 0 Å². The summed E-state index contributed by atoms with van der Waals surface area (Å²) >= 11 is 0. The molecule has 0 aliphatic carbocycles. The van der Waals surface area contributed by atoms with Gasteiger partial charge in [-0.1, -0.05) is 45.0 Å². The van der Waals surface area contributed by atoms with Crippen molar-refractivity contribution in [3.8, 4) is 0 Å². The van der Waals surface area contributed by atoms with Crippen molar-refractivity contribution in [3.05, 3.63) is 52.7 Å². The number of likely N-dealkylation sites (tertiary alicyclic amines) is 1. The molecular weight excluding hydrogens is 270 g/mol. The molecule has 2 rings (SSSR count). The van der Waals surface area contributed by atoms with Gasteiger partial charge in [0.15, 0.2) is 5.69 Å². The molecular formula is C19H25N3. The molecule has 1 aromatic rings. The summed E-state index contributed by atoms with van der Waals surface area (Å²) in [6.07, 6.45) is 2.14. The van der Waals surface area contributed by atoms with Gasteiger partial charge in [-0.25, -0.2) is 11.4 Å². The Hall–Kier alpha value is -1.84. The van der Waals surface area contributed by atoms with Gasteiger partial charge >= 0.3 is 0 Å². The molecule has 0 saturated carbocycles. The van der Waals surface area contributed by atoms with E-state index < -0.39 is 0 Å². The number of para-hydroxylation sites is 1. The molecule has 1 aliphatic heterocycles. The first kappa shape index (κ1) is 16.5. The van der Waals surface area contributed by atoms with Gasteiger partial charge in [-0.3, -0.25) is 0 Å². The molecule has 1 saturated heterocycles. The fourth-order valence-corrected chi connectivity index (χ4v) is 3.43. The van der Waals surface area contributed by atoms with Crippen LogP contribution in [0, 0.1) is 24.0 Å². The van der Waals surface area contributed by atoms with E-state index in [1.54, 1.807) is 0 Å². The van der Waals surface area contributed by atoms with E-state index in [9.17, 15) is 0 Å². The molecule has 22 heavy (non-hydrogen) atoms. The number of benzene rings is 1. The molecule has 1 aliphatic rings. The highest BCUT2D eigenvalue weighted by Gasteiger charge is 2.46. The van der Waals surface area contributed by atoms with E-state index in [1.807, 2.05) is 18.2 Å². The second-order valence-electron chi connectivity index (χ2n) is 7.36. The Bertz CT molecular complexity index is 590. The Morgan fingerprint density at radius 1 is 1.14 bits per heavy atom. The van der Waals surface area contributed by atoms with Crippen molar-refractivity contribution in [2.75, 3.05) is 19.6 Å². The predicted octanol–water partition coefficient (Wildman–Crippen LogP) is 4.78. The van der Waals surface area contributed by atoms with Crippen LogP contribution < -0.4 is 0 Å². The summed E-state index contributed by atoms with van der Waals surface area (Å²) in [5, 5.41) is 0. The van der Waals surface area contributed by atoms with E-state index in [4.69, 9.17) is 13.1 Å². The first-order chi connectivity index (χ1) is 10.4. The minimum atomic E-state index is 0.130. The van der Waals surface area contributed by atoms with Crippen molar-refractivity contribution >= 4 is 5.69 Å². The maximum Gasteiger partial charge on any atom is 0.220 e. The van der Waals surface area contributed by atoms with Gasteiger partial charge in [0.05, 0.1) is 6.57 Å². The first-order valence-electron chi connectivity index (χ1n) is 7.93. The highest BCUT2D eigenvalue weighted by molar-refractivity contribution is 5.51. The summed E-state index contributed by atoms with van der Waals surface area (Å²) in [4.78, 5) is 9.77. The fourth-order valence-electron chi connectivity index (χ4n) is 3.43. The lowest BCUT2D eigenvalue weighted by molar-refractivity contribution is 0.0174. The zero-order valence-corrected chi connectivity index (χ0v) is 13.9. The van der Waals surface area contributed by atoms with Crippen molar-refractivity contribution < 1.29 is 0 Å². The molecule has 1 fully saturated rings.